The highest BCUT2D eigenvalue weighted by Crippen LogP contribution is 2.50. The van der Waals surface area contributed by atoms with Gasteiger partial charge >= 0.3 is 0 Å². The van der Waals surface area contributed by atoms with E-state index >= 15 is 0 Å². The van der Waals surface area contributed by atoms with Gasteiger partial charge in [0, 0.05) is 17.7 Å². The van der Waals surface area contributed by atoms with Gasteiger partial charge in [0.05, 0.1) is 17.6 Å². The third-order valence-corrected chi connectivity index (χ3v) is 7.23. The van der Waals surface area contributed by atoms with Crippen LogP contribution >= 0.6 is 23.1 Å². The number of anilines is 1. The van der Waals surface area contributed by atoms with Crippen LogP contribution in [0.1, 0.15) is 38.2 Å². The van der Waals surface area contributed by atoms with E-state index in [1.54, 1.807) is 17.0 Å². The Balaban J connectivity index is 1.97. The van der Waals surface area contributed by atoms with Crippen LogP contribution in [-0.4, -0.2) is 22.2 Å². The summed E-state index contributed by atoms with van der Waals surface area (Å²) in [5, 5.41) is 18.9. The van der Waals surface area contributed by atoms with Gasteiger partial charge in [-0.25, -0.2) is 4.39 Å². The molecule has 30 heavy (non-hydrogen) atoms. The first kappa shape index (κ1) is 20.6. The number of thioether (sulfide) groups is 1. The zero-order valence-corrected chi connectivity index (χ0v) is 18.4. The number of carbonyl (C=O) groups is 1. The minimum atomic E-state index is -0.626. The van der Waals surface area contributed by atoms with E-state index in [1.807, 2.05) is 20.1 Å². The van der Waals surface area contributed by atoms with Crippen LogP contribution in [0.5, 0.6) is 0 Å². The highest BCUT2D eigenvalue weighted by atomic mass is 32.2. The third kappa shape index (κ3) is 3.40. The minimum absolute atomic E-state index is 0.0320. The Kier molecular flexibility index (Phi) is 5.16. The van der Waals surface area contributed by atoms with Gasteiger partial charge in [-0.05, 0) is 35.8 Å². The van der Waals surface area contributed by atoms with Crippen molar-refractivity contribution < 1.29 is 9.18 Å². The molecule has 0 spiro atoms. The number of halogens is 1. The van der Waals surface area contributed by atoms with E-state index in [-0.39, 0.29) is 28.4 Å². The van der Waals surface area contributed by atoms with Crippen molar-refractivity contribution in [3.05, 3.63) is 58.3 Å². The number of benzene rings is 1. The third-order valence-electron chi connectivity index (χ3n) is 5.35. The molecule has 0 bridgehead atoms. The van der Waals surface area contributed by atoms with Crippen LogP contribution in [0, 0.1) is 22.6 Å². The van der Waals surface area contributed by atoms with E-state index < -0.39 is 5.92 Å². The molecule has 1 aliphatic carbocycles. The van der Waals surface area contributed by atoms with E-state index in [1.165, 1.54) is 35.2 Å². The summed E-state index contributed by atoms with van der Waals surface area (Å²) in [7, 11) is 0. The molecule has 1 aromatic heterocycles. The number of hydrogen-bond acceptors (Lipinski definition) is 8. The molecule has 1 atom stereocenters. The van der Waals surface area contributed by atoms with Crippen molar-refractivity contribution in [1.82, 2.24) is 10.2 Å². The number of aromatic nitrogens is 2. The van der Waals surface area contributed by atoms with Gasteiger partial charge in [-0.15, -0.1) is 10.2 Å². The van der Waals surface area contributed by atoms with Crippen molar-refractivity contribution in [1.29, 1.82) is 5.26 Å². The van der Waals surface area contributed by atoms with Crippen LogP contribution in [0.4, 0.5) is 9.52 Å². The second kappa shape index (κ2) is 7.52. The first-order valence-corrected chi connectivity index (χ1v) is 11.4. The SMILES string of the molecule is CSc1nnc(N2C(N)=C(C#N)C(c3ccc(F)cc3)C3=C2CC(C)(C)CC3=O)s1. The molecule has 2 aliphatic rings. The molecule has 2 heterocycles. The van der Waals surface area contributed by atoms with Crippen molar-refractivity contribution in [2.24, 2.45) is 11.1 Å². The normalized spacial score (nSPS) is 21.0. The number of ketones is 1. The average Bonchev–Trinajstić information content (AvgIpc) is 3.15. The van der Waals surface area contributed by atoms with E-state index in [4.69, 9.17) is 5.73 Å². The second-order valence-electron chi connectivity index (χ2n) is 8.09. The number of nitrogens with two attached hydrogens (primary N) is 1. The number of nitriles is 1. The van der Waals surface area contributed by atoms with Gasteiger partial charge in [-0.2, -0.15) is 5.26 Å². The molecular weight excluding hydrogens is 421 g/mol. The fourth-order valence-electron chi connectivity index (χ4n) is 4.09. The van der Waals surface area contributed by atoms with Crippen molar-refractivity contribution >= 4 is 34.0 Å². The van der Waals surface area contributed by atoms with Gasteiger partial charge in [-0.1, -0.05) is 49.1 Å². The number of Topliss-reactive ketones (excluding diaryl/α,β-unsaturated/α-hetero) is 1. The number of rotatable bonds is 3. The lowest BCUT2D eigenvalue weighted by molar-refractivity contribution is -0.118. The minimum Gasteiger partial charge on any atom is -0.384 e. The fourth-order valence-corrected chi connectivity index (χ4v) is 5.39. The standard InChI is InChI=1S/C21H20FN5OS2/c1-21(2)8-14-17(15(28)9-21)16(11-4-6-12(22)7-5-11)13(10-23)18(24)27(14)19-25-26-20(29-3)30-19/h4-7,16H,8-9,24H2,1-3H3. The van der Waals surface area contributed by atoms with Crippen LogP contribution < -0.4 is 10.6 Å². The van der Waals surface area contributed by atoms with Gasteiger partial charge < -0.3 is 5.73 Å². The summed E-state index contributed by atoms with van der Waals surface area (Å²) < 4.78 is 14.3. The van der Waals surface area contributed by atoms with Crippen molar-refractivity contribution in [2.75, 3.05) is 11.2 Å². The Morgan fingerprint density at radius 2 is 2.00 bits per heavy atom. The summed E-state index contributed by atoms with van der Waals surface area (Å²) in [5.41, 5.74) is 8.45. The van der Waals surface area contributed by atoms with Crippen molar-refractivity contribution in [3.63, 3.8) is 0 Å². The second-order valence-corrected chi connectivity index (χ2v) is 10.1. The lowest BCUT2D eigenvalue weighted by Crippen LogP contribution is -2.42. The van der Waals surface area contributed by atoms with E-state index in [9.17, 15) is 14.4 Å². The average molecular weight is 442 g/mol. The zero-order valence-electron chi connectivity index (χ0n) is 16.8. The van der Waals surface area contributed by atoms with Gasteiger partial charge in [0.25, 0.3) is 0 Å². The lowest BCUT2D eigenvalue weighted by atomic mass is 9.69. The first-order chi connectivity index (χ1) is 14.3. The van der Waals surface area contributed by atoms with Crippen molar-refractivity contribution in [2.45, 2.75) is 36.9 Å². The van der Waals surface area contributed by atoms with E-state index in [0.717, 1.165) is 10.0 Å². The van der Waals surface area contributed by atoms with Crippen molar-refractivity contribution in [3.8, 4) is 6.07 Å². The van der Waals surface area contributed by atoms with Crippen LogP contribution in [-0.2, 0) is 4.79 Å². The highest BCUT2D eigenvalue weighted by Gasteiger charge is 2.45. The molecule has 0 saturated carbocycles. The number of allylic oxidation sites excluding steroid dienone is 3. The molecule has 6 nitrogen and oxygen atoms in total. The summed E-state index contributed by atoms with van der Waals surface area (Å²) in [6.07, 6.45) is 2.87. The molecule has 1 unspecified atom stereocenters. The predicted molar refractivity (Wildman–Crippen MR) is 115 cm³/mol. The Labute approximate surface area is 182 Å². The van der Waals surface area contributed by atoms with Gasteiger partial charge in [-0.3, -0.25) is 9.69 Å². The van der Waals surface area contributed by atoms with Crippen LogP contribution in [0.25, 0.3) is 0 Å². The van der Waals surface area contributed by atoms with E-state index in [0.29, 0.717) is 29.1 Å². The molecule has 154 valence electrons. The van der Waals surface area contributed by atoms with Gasteiger partial charge in [0.1, 0.15) is 11.6 Å². The van der Waals surface area contributed by atoms with Gasteiger partial charge in [0.2, 0.25) is 5.13 Å². The maximum atomic E-state index is 13.5. The number of carbonyl (C=O) groups excluding carboxylic acids is 1. The molecule has 0 radical (unpaired) electrons. The molecule has 4 rings (SSSR count). The van der Waals surface area contributed by atoms with Crippen LogP contribution in [0.3, 0.4) is 0 Å². The topological polar surface area (TPSA) is 95.9 Å². The Bertz CT molecular complexity index is 1130. The van der Waals surface area contributed by atoms with Crippen LogP contribution in [0.15, 0.2) is 51.3 Å². The first-order valence-electron chi connectivity index (χ1n) is 9.35. The molecule has 9 heteroatoms. The fraction of sp³-hybridized carbons (Fsp3) is 0.333. The quantitative estimate of drug-likeness (QED) is 0.708. The van der Waals surface area contributed by atoms with E-state index in [2.05, 4.69) is 16.3 Å². The maximum absolute atomic E-state index is 13.5. The molecule has 0 fully saturated rings. The summed E-state index contributed by atoms with van der Waals surface area (Å²) in [5.74, 6) is -0.802. The van der Waals surface area contributed by atoms with Gasteiger partial charge in [0.15, 0.2) is 10.1 Å². The summed E-state index contributed by atoms with van der Waals surface area (Å²) in [4.78, 5) is 15.0. The summed E-state index contributed by atoms with van der Waals surface area (Å²) in [6, 6.07) is 8.07. The molecule has 1 aliphatic heterocycles. The Morgan fingerprint density at radius 3 is 2.60 bits per heavy atom. The zero-order chi connectivity index (χ0) is 21.6. The molecule has 0 amide bonds. The number of hydrogen-bond donors (Lipinski definition) is 1. The maximum Gasteiger partial charge on any atom is 0.219 e. The Morgan fingerprint density at radius 1 is 1.30 bits per heavy atom. The monoisotopic (exact) mass is 441 g/mol. The predicted octanol–water partition coefficient (Wildman–Crippen LogP) is 4.34. The highest BCUT2D eigenvalue weighted by molar-refractivity contribution is 8.00. The molecule has 2 N–H and O–H groups in total. The molecular formula is C21H20FN5OS2. The molecule has 2 aromatic rings. The Hall–Kier alpha value is -2.70. The summed E-state index contributed by atoms with van der Waals surface area (Å²) >= 11 is 2.83. The number of nitrogens with zero attached hydrogens (tertiary/aromatic N) is 4. The smallest absolute Gasteiger partial charge is 0.219 e. The van der Waals surface area contributed by atoms with Crippen LogP contribution in [0.2, 0.25) is 0 Å². The summed E-state index contributed by atoms with van der Waals surface area (Å²) in [6.45, 7) is 4.07. The molecule has 1 aromatic carbocycles. The molecule has 0 saturated heterocycles. The largest absolute Gasteiger partial charge is 0.384 e. The lowest BCUT2D eigenvalue weighted by Gasteiger charge is -2.42.